The molecule has 0 aromatic rings. The van der Waals surface area contributed by atoms with E-state index in [0.29, 0.717) is 6.54 Å². The Morgan fingerprint density at radius 2 is 1.85 bits per heavy atom. The van der Waals surface area contributed by atoms with Gasteiger partial charge in [-0.1, -0.05) is 5.92 Å². The van der Waals surface area contributed by atoms with Crippen molar-refractivity contribution in [3.8, 4) is 12.3 Å². The maximum Gasteiger partial charge on any atom is 0.0574 e. The lowest BCUT2D eigenvalue weighted by Gasteiger charge is -2.18. The fraction of sp³-hybridized carbons (Fsp3) is 0.800. The van der Waals surface area contributed by atoms with Crippen molar-refractivity contribution in [1.82, 2.24) is 15.1 Å². The van der Waals surface area contributed by atoms with Crippen molar-refractivity contribution in [2.75, 3.05) is 53.9 Å². The lowest BCUT2D eigenvalue weighted by molar-refractivity contribution is 0.282. The first-order valence-corrected chi connectivity index (χ1v) is 4.64. The van der Waals surface area contributed by atoms with Gasteiger partial charge in [0.05, 0.1) is 6.54 Å². The molecule has 0 aromatic carbocycles. The molecule has 13 heavy (non-hydrogen) atoms. The number of likely N-dealkylation sites (N-methyl/N-ethyl adjacent to an activating group) is 2. The van der Waals surface area contributed by atoms with E-state index in [2.05, 4.69) is 42.2 Å². The number of terminal acetylenes is 1. The van der Waals surface area contributed by atoms with Gasteiger partial charge in [0.15, 0.2) is 0 Å². The van der Waals surface area contributed by atoms with Gasteiger partial charge in [-0.3, -0.25) is 0 Å². The second-order valence-electron chi connectivity index (χ2n) is 3.49. The van der Waals surface area contributed by atoms with Gasteiger partial charge in [-0.05, 0) is 21.1 Å². The summed E-state index contributed by atoms with van der Waals surface area (Å²) >= 11 is 0. The average molecular weight is 183 g/mol. The van der Waals surface area contributed by atoms with Gasteiger partial charge in [0, 0.05) is 26.2 Å². The summed E-state index contributed by atoms with van der Waals surface area (Å²) in [6.45, 7) is 4.89. The minimum Gasteiger partial charge on any atom is -0.308 e. The van der Waals surface area contributed by atoms with Gasteiger partial charge >= 0.3 is 0 Å². The second kappa shape index (κ2) is 8.06. The highest BCUT2D eigenvalue weighted by Crippen LogP contribution is 1.82. The summed E-state index contributed by atoms with van der Waals surface area (Å²) in [7, 11) is 6.30. The lowest BCUT2D eigenvalue weighted by Crippen LogP contribution is -2.34. The van der Waals surface area contributed by atoms with Crippen LogP contribution in [0.5, 0.6) is 0 Å². The van der Waals surface area contributed by atoms with Crippen molar-refractivity contribution in [2.24, 2.45) is 0 Å². The van der Waals surface area contributed by atoms with E-state index in [9.17, 15) is 0 Å². The molecule has 0 spiro atoms. The third kappa shape index (κ3) is 9.35. The first kappa shape index (κ1) is 12.4. The molecule has 1 N–H and O–H groups in total. The van der Waals surface area contributed by atoms with Crippen LogP contribution in [0.4, 0.5) is 0 Å². The van der Waals surface area contributed by atoms with Gasteiger partial charge < -0.3 is 15.1 Å². The fourth-order valence-corrected chi connectivity index (χ4v) is 0.913. The Bertz CT molecular complexity index is 149. The summed E-state index contributed by atoms with van der Waals surface area (Å²) in [5.41, 5.74) is 0. The highest BCUT2D eigenvalue weighted by atomic mass is 15.2. The fourth-order valence-electron chi connectivity index (χ4n) is 0.913. The Balaban J connectivity index is 3.21. The standard InChI is InChI=1S/C10H21N3/c1-5-6-11-7-8-13(4)10-9-12(2)3/h1,11H,6-10H2,2-4H3. The molecule has 0 atom stereocenters. The van der Waals surface area contributed by atoms with E-state index in [1.54, 1.807) is 0 Å². The molecule has 0 fully saturated rings. The predicted octanol–water partition coefficient (Wildman–Crippen LogP) is -0.297. The monoisotopic (exact) mass is 183 g/mol. The highest BCUT2D eigenvalue weighted by Gasteiger charge is 1.97. The Morgan fingerprint density at radius 3 is 2.38 bits per heavy atom. The predicted molar refractivity (Wildman–Crippen MR) is 57.8 cm³/mol. The van der Waals surface area contributed by atoms with Crippen LogP contribution >= 0.6 is 0 Å². The van der Waals surface area contributed by atoms with Crippen LogP contribution in [-0.4, -0.2) is 63.7 Å². The summed E-state index contributed by atoms with van der Waals surface area (Å²) in [6, 6.07) is 0. The molecular formula is C10H21N3. The van der Waals surface area contributed by atoms with Crippen molar-refractivity contribution < 1.29 is 0 Å². The first-order chi connectivity index (χ1) is 6.16. The van der Waals surface area contributed by atoms with Crippen LogP contribution in [-0.2, 0) is 0 Å². The topological polar surface area (TPSA) is 18.5 Å². The van der Waals surface area contributed by atoms with Crippen LogP contribution in [0.25, 0.3) is 0 Å². The minimum atomic E-state index is 0.668. The van der Waals surface area contributed by atoms with E-state index in [-0.39, 0.29) is 0 Å². The number of rotatable bonds is 7. The maximum absolute atomic E-state index is 5.11. The van der Waals surface area contributed by atoms with E-state index in [1.807, 2.05) is 0 Å². The summed E-state index contributed by atoms with van der Waals surface area (Å²) in [6.07, 6.45) is 5.11. The molecule has 0 saturated carbocycles. The number of hydrogen-bond acceptors (Lipinski definition) is 3. The number of hydrogen-bond donors (Lipinski definition) is 1. The smallest absolute Gasteiger partial charge is 0.0574 e. The van der Waals surface area contributed by atoms with Gasteiger partial charge in [-0.2, -0.15) is 0 Å². The summed E-state index contributed by atoms with van der Waals surface area (Å²) < 4.78 is 0. The molecule has 3 nitrogen and oxygen atoms in total. The van der Waals surface area contributed by atoms with Gasteiger partial charge in [-0.25, -0.2) is 0 Å². The summed E-state index contributed by atoms with van der Waals surface area (Å²) in [5.74, 6) is 2.55. The third-order valence-electron chi connectivity index (χ3n) is 1.83. The second-order valence-corrected chi connectivity index (χ2v) is 3.49. The molecular weight excluding hydrogens is 162 g/mol. The molecule has 0 aliphatic carbocycles. The normalized spacial score (nSPS) is 10.8. The molecule has 3 heteroatoms. The lowest BCUT2D eigenvalue weighted by atomic mass is 10.4. The summed E-state index contributed by atoms with van der Waals surface area (Å²) in [5, 5.41) is 3.16. The third-order valence-corrected chi connectivity index (χ3v) is 1.83. The zero-order chi connectivity index (χ0) is 10.1. The van der Waals surface area contributed by atoms with E-state index in [1.165, 1.54) is 0 Å². The zero-order valence-electron chi connectivity index (χ0n) is 9.01. The number of nitrogens with zero attached hydrogens (tertiary/aromatic N) is 2. The molecule has 0 bridgehead atoms. The van der Waals surface area contributed by atoms with E-state index in [4.69, 9.17) is 6.42 Å². The van der Waals surface area contributed by atoms with Crippen LogP contribution < -0.4 is 5.32 Å². The molecule has 0 heterocycles. The largest absolute Gasteiger partial charge is 0.308 e. The molecule has 76 valence electrons. The Labute approximate surface area is 82.1 Å². The highest BCUT2D eigenvalue weighted by molar-refractivity contribution is 4.86. The van der Waals surface area contributed by atoms with E-state index in [0.717, 1.165) is 26.2 Å². The molecule has 0 saturated heterocycles. The van der Waals surface area contributed by atoms with Gasteiger partial charge in [0.2, 0.25) is 0 Å². The van der Waals surface area contributed by atoms with Crippen LogP contribution in [0.1, 0.15) is 0 Å². The van der Waals surface area contributed by atoms with Crippen LogP contribution in [0.15, 0.2) is 0 Å². The van der Waals surface area contributed by atoms with Crippen LogP contribution in [0.2, 0.25) is 0 Å². The molecule has 0 aliphatic heterocycles. The molecule has 0 radical (unpaired) electrons. The van der Waals surface area contributed by atoms with Crippen molar-refractivity contribution in [1.29, 1.82) is 0 Å². The molecule has 0 aromatic heterocycles. The Hall–Kier alpha value is -0.560. The van der Waals surface area contributed by atoms with Crippen LogP contribution in [0, 0.1) is 12.3 Å². The van der Waals surface area contributed by atoms with E-state index < -0.39 is 0 Å². The molecule has 0 amide bonds. The van der Waals surface area contributed by atoms with Gasteiger partial charge in [-0.15, -0.1) is 6.42 Å². The van der Waals surface area contributed by atoms with Crippen molar-refractivity contribution in [2.45, 2.75) is 0 Å². The van der Waals surface area contributed by atoms with Crippen LogP contribution in [0.3, 0.4) is 0 Å². The first-order valence-electron chi connectivity index (χ1n) is 4.64. The van der Waals surface area contributed by atoms with Crippen molar-refractivity contribution in [3.63, 3.8) is 0 Å². The zero-order valence-corrected chi connectivity index (χ0v) is 9.01. The SMILES string of the molecule is C#CCNCCN(C)CCN(C)C. The molecule has 0 aliphatic rings. The quantitative estimate of drug-likeness (QED) is 0.432. The number of nitrogens with one attached hydrogen (secondary N) is 1. The molecule has 0 rings (SSSR count). The van der Waals surface area contributed by atoms with Gasteiger partial charge in [0.25, 0.3) is 0 Å². The minimum absolute atomic E-state index is 0.668. The molecule has 0 unspecified atom stereocenters. The maximum atomic E-state index is 5.11. The van der Waals surface area contributed by atoms with E-state index >= 15 is 0 Å². The van der Waals surface area contributed by atoms with Gasteiger partial charge in [0.1, 0.15) is 0 Å². The summed E-state index contributed by atoms with van der Waals surface area (Å²) in [4.78, 5) is 4.48. The average Bonchev–Trinajstić information content (AvgIpc) is 2.09. The van der Waals surface area contributed by atoms with Crippen molar-refractivity contribution in [3.05, 3.63) is 0 Å². The Kier molecular flexibility index (Phi) is 7.71. The van der Waals surface area contributed by atoms with Crippen molar-refractivity contribution >= 4 is 0 Å². The Morgan fingerprint density at radius 1 is 1.15 bits per heavy atom.